The Bertz CT molecular complexity index is 1670. The van der Waals surface area contributed by atoms with E-state index in [0.29, 0.717) is 27.8 Å². The zero-order valence-corrected chi connectivity index (χ0v) is 19.4. The third-order valence-corrected chi connectivity index (χ3v) is 5.48. The quantitative estimate of drug-likeness (QED) is 0.181. The maximum atomic E-state index is 13.4. The normalized spacial score (nSPS) is 11.4. The second-order valence-electron chi connectivity index (χ2n) is 7.72. The van der Waals surface area contributed by atoms with E-state index < -0.39 is 10.5 Å². The van der Waals surface area contributed by atoms with Gasteiger partial charge in [0.2, 0.25) is 11.6 Å². The van der Waals surface area contributed by atoms with E-state index in [4.69, 9.17) is 13.9 Å². The number of benzene rings is 3. The zero-order chi connectivity index (χ0) is 25.2. The molecule has 0 amide bonds. The van der Waals surface area contributed by atoms with Crippen LogP contribution in [0.3, 0.4) is 0 Å². The molecule has 0 aliphatic heterocycles. The summed E-state index contributed by atoms with van der Waals surface area (Å²) in [7, 11) is 1.33. The van der Waals surface area contributed by atoms with Crippen molar-refractivity contribution in [2.75, 3.05) is 13.7 Å². The van der Waals surface area contributed by atoms with Crippen LogP contribution in [0.25, 0.3) is 33.5 Å². The number of aromatic nitrogens is 2. The minimum atomic E-state index is -0.567. The van der Waals surface area contributed by atoms with Gasteiger partial charge in [-0.3, -0.25) is 14.9 Å². The van der Waals surface area contributed by atoms with Gasteiger partial charge in [0.25, 0.3) is 5.56 Å². The molecular formula is C26H20N4O6. The van der Waals surface area contributed by atoms with Crippen molar-refractivity contribution in [1.29, 1.82) is 0 Å². The van der Waals surface area contributed by atoms with Gasteiger partial charge in [0.15, 0.2) is 11.5 Å². The maximum absolute atomic E-state index is 13.4. The number of methoxy groups -OCH3 is 1. The highest BCUT2D eigenvalue weighted by Gasteiger charge is 2.22. The molecule has 0 aliphatic carbocycles. The van der Waals surface area contributed by atoms with Gasteiger partial charge in [-0.15, -0.1) is 0 Å². The lowest BCUT2D eigenvalue weighted by Crippen LogP contribution is -2.20. The van der Waals surface area contributed by atoms with Crippen molar-refractivity contribution in [1.82, 2.24) is 9.66 Å². The van der Waals surface area contributed by atoms with E-state index >= 15 is 0 Å². The molecule has 2 heterocycles. The number of nitro groups is 1. The van der Waals surface area contributed by atoms with Crippen LogP contribution < -0.4 is 15.0 Å². The maximum Gasteiger partial charge on any atom is 0.315 e. The molecule has 0 atom stereocenters. The van der Waals surface area contributed by atoms with Crippen LogP contribution in [0, 0.1) is 10.1 Å². The second kappa shape index (κ2) is 9.34. The topological polar surface area (TPSA) is 122 Å². The van der Waals surface area contributed by atoms with E-state index in [-0.39, 0.29) is 29.6 Å². The lowest BCUT2D eigenvalue weighted by molar-refractivity contribution is -0.385. The van der Waals surface area contributed by atoms with Gasteiger partial charge in [-0.1, -0.05) is 30.3 Å². The van der Waals surface area contributed by atoms with Crippen LogP contribution in [-0.4, -0.2) is 34.5 Å². The number of furan rings is 1. The zero-order valence-electron chi connectivity index (χ0n) is 19.4. The number of para-hydroxylation sites is 2. The molecule has 0 spiro atoms. The lowest BCUT2D eigenvalue weighted by Gasteiger charge is -2.10. The molecule has 10 heteroatoms. The third-order valence-electron chi connectivity index (χ3n) is 5.48. The van der Waals surface area contributed by atoms with Crippen molar-refractivity contribution in [2.45, 2.75) is 6.92 Å². The summed E-state index contributed by atoms with van der Waals surface area (Å²) in [6.07, 6.45) is 1.33. The Morgan fingerprint density at radius 3 is 2.67 bits per heavy atom. The summed E-state index contributed by atoms with van der Waals surface area (Å²) < 4.78 is 17.8. The van der Waals surface area contributed by atoms with Gasteiger partial charge in [-0.25, -0.2) is 4.98 Å². The van der Waals surface area contributed by atoms with Gasteiger partial charge >= 0.3 is 5.69 Å². The summed E-state index contributed by atoms with van der Waals surface area (Å²) in [5, 5.41) is 17.2. The first kappa shape index (κ1) is 22.8. The smallest absolute Gasteiger partial charge is 0.315 e. The number of fused-ring (bicyclic) bond motifs is 2. The number of hydrogen-bond donors (Lipinski definition) is 0. The van der Waals surface area contributed by atoms with Crippen LogP contribution in [0.1, 0.15) is 12.5 Å². The summed E-state index contributed by atoms with van der Waals surface area (Å²) >= 11 is 0. The Morgan fingerprint density at radius 1 is 1.14 bits per heavy atom. The fourth-order valence-corrected chi connectivity index (χ4v) is 3.89. The number of nitrogens with zero attached hydrogens (tertiary/aromatic N) is 4. The fourth-order valence-electron chi connectivity index (χ4n) is 3.89. The predicted octanol–water partition coefficient (Wildman–Crippen LogP) is 5.01. The Kier molecular flexibility index (Phi) is 5.91. The van der Waals surface area contributed by atoms with Crippen LogP contribution >= 0.6 is 0 Å². The first-order valence-electron chi connectivity index (χ1n) is 11.0. The van der Waals surface area contributed by atoms with Crippen molar-refractivity contribution in [3.63, 3.8) is 0 Å². The summed E-state index contributed by atoms with van der Waals surface area (Å²) in [5.74, 6) is 0.745. The SMILES string of the molecule is CCOc1cc(C=Nn2c(-c3cc4ccccc4o3)nc3ccccc3c2=O)cc([N+](=O)[O-])c1OC. The Morgan fingerprint density at radius 2 is 1.92 bits per heavy atom. The Balaban J connectivity index is 1.70. The molecule has 0 radical (unpaired) electrons. The molecular weight excluding hydrogens is 464 g/mol. The molecule has 2 aromatic heterocycles. The van der Waals surface area contributed by atoms with E-state index in [0.717, 1.165) is 10.1 Å². The lowest BCUT2D eigenvalue weighted by atomic mass is 10.2. The summed E-state index contributed by atoms with van der Waals surface area (Å²) in [5.41, 5.74) is 0.758. The summed E-state index contributed by atoms with van der Waals surface area (Å²) in [6, 6.07) is 19.0. The first-order chi connectivity index (χ1) is 17.5. The van der Waals surface area contributed by atoms with Crippen molar-refractivity contribution in [3.05, 3.63) is 92.8 Å². The van der Waals surface area contributed by atoms with E-state index in [1.54, 1.807) is 43.3 Å². The van der Waals surface area contributed by atoms with Crippen LogP contribution in [0.4, 0.5) is 5.69 Å². The van der Waals surface area contributed by atoms with Crippen molar-refractivity contribution in [3.8, 4) is 23.1 Å². The molecule has 0 aliphatic rings. The molecule has 10 nitrogen and oxygen atoms in total. The average molecular weight is 484 g/mol. The van der Waals surface area contributed by atoms with Crippen LogP contribution in [0.2, 0.25) is 0 Å². The average Bonchev–Trinajstić information content (AvgIpc) is 3.32. The van der Waals surface area contributed by atoms with Crippen molar-refractivity contribution < 1.29 is 18.8 Å². The molecule has 0 saturated heterocycles. The highest BCUT2D eigenvalue weighted by molar-refractivity contribution is 5.85. The van der Waals surface area contributed by atoms with Crippen molar-refractivity contribution >= 4 is 33.8 Å². The molecule has 0 unspecified atom stereocenters. The number of rotatable bonds is 7. The fraction of sp³-hybridized carbons (Fsp3) is 0.115. The molecule has 5 aromatic rings. The Labute approximate surface area is 204 Å². The standard InChI is InChI=1S/C26H20N4O6/c1-3-35-22-13-16(12-20(30(32)33)24(22)34-2)15-27-29-25(23-14-17-8-4-7-11-21(17)36-23)28-19-10-6-5-9-18(19)26(29)31/h4-15H,3H2,1-2H3. The van der Waals surface area contributed by atoms with Gasteiger partial charge in [0.05, 0.1) is 35.8 Å². The van der Waals surface area contributed by atoms with Gasteiger partial charge in [0, 0.05) is 17.0 Å². The number of ether oxygens (including phenoxy) is 2. The molecule has 180 valence electrons. The van der Waals surface area contributed by atoms with Crippen LogP contribution in [0.15, 0.2) is 81.0 Å². The molecule has 0 fully saturated rings. The minimum Gasteiger partial charge on any atom is -0.490 e. The van der Waals surface area contributed by atoms with Gasteiger partial charge in [-0.05, 0) is 37.3 Å². The second-order valence-corrected chi connectivity index (χ2v) is 7.72. The summed E-state index contributed by atoms with van der Waals surface area (Å²) in [6.45, 7) is 2.03. The van der Waals surface area contributed by atoms with Gasteiger partial charge < -0.3 is 13.9 Å². The predicted molar refractivity (Wildman–Crippen MR) is 135 cm³/mol. The number of hydrogen-bond acceptors (Lipinski definition) is 8. The molecule has 3 aromatic carbocycles. The van der Waals surface area contributed by atoms with E-state index in [1.807, 2.05) is 24.3 Å². The molecule has 0 bridgehead atoms. The third kappa shape index (κ3) is 4.05. The van der Waals surface area contributed by atoms with Gasteiger partial charge in [-0.2, -0.15) is 9.78 Å². The molecule has 5 rings (SSSR count). The minimum absolute atomic E-state index is 0.00602. The van der Waals surface area contributed by atoms with E-state index in [9.17, 15) is 14.9 Å². The number of nitro benzene ring substituents is 1. The van der Waals surface area contributed by atoms with Crippen LogP contribution in [-0.2, 0) is 0 Å². The molecule has 36 heavy (non-hydrogen) atoms. The largest absolute Gasteiger partial charge is 0.490 e. The molecule has 0 saturated carbocycles. The van der Waals surface area contributed by atoms with Gasteiger partial charge in [0.1, 0.15) is 5.58 Å². The Hall–Kier alpha value is -4.99. The van der Waals surface area contributed by atoms with Crippen molar-refractivity contribution in [2.24, 2.45) is 5.10 Å². The monoisotopic (exact) mass is 484 g/mol. The van der Waals surface area contributed by atoms with E-state index in [1.165, 1.54) is 19.4 Å². The first-order valence-corrected chi connectivity index (χ1v) is 11.0. The summed E-state index contributed by atoms with van der Waals surface area (Å²) in [4.78, 5) is 29.1. The van der Waals surface area contributed by atoms with Crippen LogP contribution in [0.5, 0.6) is 11.5 Å². The molecule has 0 N–H and O–H groups in total. The highest BCUT2D eigenvalue weighted by Crippen LogP contribution is 2.38. The highest BCUT2D eigenvalue weighted by atomic mass is 16.6. The van der Waals surface area contributed by atoms with E-state index in [2.05, 4.69) is 10.1 Å².